The van der Waals surface area contributed by atoms with Crippen LogP contribution in [0.5, 0.6) is 0 Å². The maximum atomic E-state index is 13.7. The monoisotopic (exact) mass is 331 g/mol. The summed E-state index contributed by atoms with van der Waals surface area (Å²) in [5, 5.41) is 9.11. The molecule has 1 fully saturated rings. The predicted octanol–water partition coefficient (Wildman–Crippen LogP) is 2.12. The van der Waals surface area contributed by atoms with Crippen molar-refractivity contribution in [3.05, 3.63) is 34.1 Å². The van der Waals surface area contributed by atoms with E-state index >= 15 is 0 Å². The Morgan fingerprint density at radius 2 is 2.32 bits per heavy atom. The quantitative estimate of drug-likeness (QED) is 0.918. The lowest BCUT2D eigenvalue weighted by Gasteiger charge is -2.26. The van der Waals surface area contributed by atoms with Gasteiger partial charge in [-0.05, 0) is 25.2 Å². The molecule has 1 aliphatic heterocycles. The second-order valence-corrected chi connectivity index (χ2v) is 5.62. The minimum Gasteiger partial charge on any atom is -0.481 e. The molecule has 1 aromatic carbocycles. The van der Waals surface area contributed by atoms with Gasteiger partial charge in [-0.15, -0.1) is 0 Å². The summed E-state index contributed by atoms with van der Waals surface area (Å²) in [5.74, 6) is -1.72. The molecule has 1 aliphatic rings. The number of hydrogen-bond donors (Lipinski definition) is 1. The van der Waals surface area contributed by atoms with Gasteiger partial charge in [-0.3, -0.25) is 9.69 Å². The molecular formula is C13H15BrFNO3. The fourth-order valence-corrected chi connectivity index (χ4v) is 2.67. The number of likely N-dealkylation sites (N-methyl/N-ethyl adjacent to an activating group) is 1. The zero-order chi connectivity index (χ0) is 14.0. The molecule has 104 valence electrons. The molecule has 2 unspecified atom stereocenters. The highest BCUT2D eigenvalue weighted by Crippen LogP contribution is 2.23. The van der Waals surface area contributed by atoms with Gasteiger partial charge >= 0.3 is 5.97 Å². The normalized spacial score (nSPS) is 22.9. The molecule has 2 atom stereocenters. The number of aliphatic carboxylic acids is 1. The first-order valence-corrected chi connectivity index (χ1v) is 6.73. The molecule has 19 heavy (non-hydrogen) atoms. The Kier molecular flexibility index (Phi) is 4.54. The third-order valence-corrected chi connectivity index (χ3v) is 3.85. The predicted molar refractivity (Wildman–Crippen MR) is 71.3 cm³/mol. The van der Waals surface area contributed by atoms with Crippen LogP contribution in [0.1, 0.15) is 5.56 Å². The molecule has 2 rings (SSSR count). The van der Waals surface area contributed by atoms with E-state index in [1.807, 2.05) is 4.90 Å². The van der Waals surface area contributed by atoms with Crippen LogP contribution in [0.25, 0.3) is 0 Å². The summed E-state index contributed by atoms with van der Waals surface area (Å²) in [5.41, 5.74) is 0.535. The van der Waals surface area contributed by atoms with E-state index in [1.165, 1.54) is 6.07 Å². The van der Waals surface area contributed by atoms with Gasteiger partial charge in [0.1, 0.15) is 5.82 Å². The van der Waals surface area contributed by atoms with Crippen LogP contribution in [-0.4, -0.2) is 42.3 Å². The number of hydrogen-bond acceptors (Lipinski definition) is 3. The van der Waals surface area contributed by atoms with Gasteiger partial charge in [0.15, 0.2) is 0 Å². The Morgan fingerprint density at radius 3 is 3.00 bits per heavy atom. The maximum Gasteiger partial charge on any atom is 0.310 e. The topological polar surface area (TPSA) is 49.8 Å². The third kappa shape index (κ3) is 3.32. The number of carboxylic acids is 1. The molecule has 0 spiro atoms. The van der Waals surface area contributed by atoms with Gasteiger partial charge in [-0.25, -0.2) is 4.39 Å². The van der Waals surface area contributed by atoms with Crippen molar-refractivity contribution in [3.8, 4) is 0 Å². The minimum absolute atomic E-state index is 0.214. The average molecular weight is 332 g/mol. The van der Waals surface area contributed by atoms with Crippen LogP contribution in [0.4, 0.5) is 4.39 Å². The zero-order valence-corrected chi connectivity index (χ0v) is 12.1. The second-order valence-electron chi connectivity index (χ2n) is 4.70. The molecule has 0 aliphatic carbocycles. The SMILES string of the molecule is CN(Cc1cc(Br)ccc1F)C1COCC1C(=O)O. The lowest BCUT2D eigenvalue weighted by atomic mass is 10.0. The number of carbonyl (C=O) groups is 1. The number of carboxylic acid groups (broad SMARTS) is 1. The molecule has 0 saturated carbocycles. The van der Waals surface area contributed by atoms with Crippen LogP contribution in [0.2, 0.25) is 0 Å². The van der Waals surface area contributed by atoms with Gasteiger partial charge in [0.2, 0.25) is 0 Å². The van der Waals surface area contributed by atoms with Crippen molar-refractivity contribution in [2.75, 3.05) is 20.3 Å². The number of nitrogens with zero attached hydrogens (tertiary/aromatic N) is 1. The Morgan fingerprint density at radius 1 is 1.58 bits per heavy atom. The second kappa shape index (κ2) is 5.98. The van der Waals surface area contributed by atoms with Gasteiger partial charge in [-0.1, -0.05) is 15.9 Å². The molecule has 0 aromatic heterocycles. The number of rotatable bonds is 4. The summed E-state index contributed by atoms with van der Waals surface area (Å²) in [7, 11) is 1.79. The van der Waals surface area contributed by atoms with Gasteiger partial charge in [-0.2, -0.15) is 0 Å². The molecule has 1 N–H and O–H groups in total. The summed E-state index contributed by atoms with van der Waals surface area (Å²) in [6.07, 6.45) is 0. The molecular weight excluding hydrogens is 317 g/mol. The number of benzene rings is 1. The summed E-state index contributed by atoms with van der Waals surface area (Å²) >= 11 is 3.30. The summed E-state index contributed by atoms with van der Waals surface area (Å²) in [6, 6.07) is 4.51. The van der Waals surface area contributed by atoms with Crippen molar-refractivity contribution in [2.24, 2.45) is 5.92 Å². The molecule has 0 amide bonds. The largest absolute Gasteiger partial charge is 0.481 e. The van der Waals surface area contributed by atoms with E-state index in [1.54, 1.807) is 19.2 Å². The van der Waals surface area contributed by atoms with Crippen molar-refractivity contribution in [1.29, 1.82) is 0 Å². The minimum atomic E-state index is -0.871. The van der Waals surface area contributed by atoms with Crippen LogP contribution in [-0.2, 0) is 16.1 Å². The Labute approximate surface area is 119 Å². The van der Waals surface area contributed by atoms with E-state index < -0.39 is 11.9 Å². The molecule has 1 saturated heterocycles. The van der Waals surface area contributed by atoms with Crippen molar-refractivity contribution < 1.29 is 19.0 Å². The maximum absolute atomic E-state index is 13.7. The molecule has 0 bridgehead atoms. The molecule has 1 aromatic rings. The smallest absolute Gasteiger partial charge is 0.310 e. The lowest BCUT2D eigenvalue weighted by molar-refractivity contribution is -0.143. The van der Waals surface area contributed by atoms with Crippen molar-refractivity contribution >= 4 is 21.9 Å². The highest BCUT2D eigenvalue weighted by Gasteiger charge is 2.36. The first kappa shape index (κ1) is 14.4. The van der Waals surface area contributed by atoms with Crippen molar-refractivity contribution in [2.45, 2.75) is 12.6 Å². The summed E-state index contributed by atoms with van der Waals surface area (Å²) in [6.45, 7) is 0.928. The molecule has 1 heterocycles. The third-order valence-electron chi connectivity index (χ3n) is 3.36. The van der Waals surface area contributed by atoms with Gasteiger partial charge < -0.3 is 9.84 Å². The van der Waals surface area contributed by atoms with E-state index in [-0.39, 0.29) is 18.5 Å². The standard InChI is InChI=1S/C13H15BrFNO3/c1-16(12-7-19-6-10(12)13(17)18)5-8-4-9(14)2-3-11(8)15/h2-4,10,12H,5-7H2,1H3,(H,17,18). The van der Waals surface area contributed by atoms with Crippen molar-refractivity contribution in [3.63, 3.8) is 0 Å². The van der Waals surface area contributed by atoms with Gasteiger partial charge in [0.25, 0.3) is 0 Å². The van der Waals surface area contributed by atoms with Gasteiger partial charge in [0, 0.05) is 22.6 Å². The highest BCUT2D eigenvalue weighted by atomic mass is 79.9. The molecule has 0 radical (unpaired) electrons. The van der Waals surface area contributed by atoms with E-state index in [4.69, 9.17) is 9.84 Å². The van der Waals surface area contributed by atoms with Gasteiger partial charge in [0.05, 0.1) is 19.1 Å². The molecule has 6 heteroatoms. The Balaban J connectivity index is 2.10. The van der Waals surface area contributed by atoms with E-state index in [2.05, 4.69) is 15.9 Å². The Hall–Kier alpha value is -0.980. The Bertz CT molecular complexity index is 483. The number of ether oxygens (including phenoxy) is 1. The fraction of sp³-hybridized carbons (Fsp3) is 0.462. The van der Waals surface area contributed by atoms with Crippen molar-refractivity contribution in [1.82, 2.24) is 4.90 Å². The lowest BCUT2D eigenvalue weighted by Crippen LogP contribution is -2.40. The van der Waals surface area contributed by atoms with E-state index in [9.17, 15) is 9.18 Å². The van der Waals surface area contributed by atoms with Crippen LogP contribution in [0.3, 0.4) is 0 Å². The summed E-state index contributed by atoms with van der Waals surface area (Å²) < 4.78 is 19.7. The molecule has 4 nitrogen and oxygen atoms in total. The first-order chi connectivity index (χ1) is 8.99. The highest BCUT2D eigenvalue weighted by molar-refractivity contribution is 9.10. The van der Waals surface area contributed by atoms with Crippen LogP contribution in [0, 0.1) is 11.7 Å². The fourth-order valence-electron chi connectivity index (χ4n) is 2.26. The summed E-state index contributed by atoms with van der Waals surface area (Å²) in [4.78, 5) is 12.9. The van der Waals surface area contributed by atoms with E-state index in [0.29, 0.717) is 18.7 Å². The van der Waals surface area contributed by atoms with Crippen LogP contribution in [0.15, 0.2) is 22.7 Å². The zero-order valence-electron chi connectivity index (χ0n) is 10.5. The van der Waals surface area contributed by atoms with Crippen LogP contribution < -0.4 is 0 Å². The van der Waals surface area contributed by atoms with Crippen LogP contribution >= 0.6 is 15.9 Å². The first-order valence-electron chi connectivity index (χ1n) is 5.93. The number of halogens is 2. The van der Waals surface area contributed by atoms with E-state index in [0.717, 1.165) is 4.47 Å². The average Bonchev–Trinajstić information content (AvgIpc) is 2.83.